The van der Waals surface area contributed by atoms with Crippen molar-refractivity contribution in [1.29, 1.82) is 0 Å². The molecule has 0 radical (unpaired) electrons. The molecule has 0 bridgehead atoms. The normalized spacial score (nSPS) is 13.1. The molecule has 64 heavy (non-hydrogen) atoms. The molecule has 1 aliphatic heterocycles. The van der Waals surface area contributed by atoms with Crippen LogP contribution in [0.1, 0.15) is 22.3 Å². The molecule has 0 N–H and O–H groups in total. The summed E-state index contributed by atoms with van der Waals surface area (Å²) in [7, 11) is 0. The zero-order valence-corrected chi connectivity index (χ0v) is 35.3. The molecular weight excluding hydrogens is 797 g/mol. The summed E-state index contributed by atoms with van der Waals surface area (Å²) in [4.78, 5) is 22.8. The van der Waals surface area contributed by atoms with E-state index in [1.165, 1.54) is 48.6 Å². The van der Waals surface area contributed by atoms with Crippen LogP contribution >= 0.6 is 11.8 Å². The first-order chi connectivity index (χ1) is 31.7. The van der Waals surface area contributed by atoms with Crippen LogP contribution in [0.5, 0.6) is 0 Å². The molecule has 0 amide bonds. The van der Waals surface area contributed by atoms with Crippen LogP contribution in [0, 0.1) is 0 Å². The molecular formula is C59H36N4S. The molecule has 11 aromatic rings. The molecule has 3 heterocycles. The Bertz CT molecular complexity index is 3540. The zero-order chi connectivity index (χ0) is 42.2. The van der Waals surface area contributed by atoms with Gasteiger partial charge in [0.25, 0.3) is 0 Å². The first-order valence-corrected chi connectivity index (χ1v) is 22.4. The number of hydrogen-bond donors (Lipinski definition) is 0. The van der Waals surface area contributed by atoms with Gasteiger partial charge in [-0.25, -0.2) is 19.9 Å². The number of aromatic nitrogens is 4. The maximum absolute atomic E-state index is 5.45. The number of rotatable bonds is 5. The maximum Gasteiger partial charge on any atom is 0.164 e. The van der Waals surface area contributed by atoms with Crippen LogP contribution < -0.4 is 0 Å². The van der Waals surface area contributed by atoms with E-state index in [9.17, 15) is 0 Å². The number of nitrogens with zero attached hydrogens (tertiary/aromatic N) is 4. The van der Waals surface area contributed by atoms with Gasteiger partial charge in [-0.15, -0.1) is 0 Å². The lowest BCUT2D eigenvalue weighted by atomic mass is 9.67. The van der Waals surface area contributed by atoms with Gasteiger partial charge in [-0.3, -0.25) is 0 Å². The molecule has 4 nitrogen and oxygen atoms in total. The van der Waals surface area contributed by atoms with Crippen LogP contribution in [0.4, 0.5) is 0 Å². The Morgan fingerprint density at radius 1 is 0.297 bits per heavy atom. The van der Waals surface area contributed by atoms with Crippen LogP contribution in [0.2, 0.25) is 0 Å². The molecule has 9 aromatic carbocycles. The second-order valence-corrected chi connectivity index (χ2v) is 17.6. The van der Waals surface area contributed by atoms with E-state index in [0.29, 0.717) is 17.5 Å². The quantitative estimate of drug-likeness (QED) is 0.162. The fourth-order valence-electron chi connectivity index (χ4n) is 10.1. The zero-order valence-electron chi connectivity index (χ0n) is 34.5. The van der Waals surface area contributed by atoms with Gasteiger partial charge in [-0.2, -0.15) is 0 Å². The fraction of sp³-hybridized carbons (Fsp3) is 0.0169. The van der Waals surface area contributed by atoms with Crippen LogP contribution in [0.15, 0.2) is 228 Å². The number of benzene rings is 9. The summed E-state index contributed by atoms with van der Waals surface area (Å²) in [6.07, 6.45) is 0. The van der Waals surface area contributed by atoms with Crippen molar-refractivity contribution in [2.75, 3.05) is 0 Å². The minimum absolute atomic E-state index is 0.456. The van der Waals surface area contributed by atoms with E-state index in [0.717, 1.165) is 55.4 Å². The molecule has 2 aliphatic rings. The van der Waals surface area contributed by atoms with Crippen LogP contribution in [-0.4, -0.2) is 19.9 Å². The minimum Gasteiger partial charge on any atom is -0.247 e. The lowest BCUT2D eigenvalue weighted by molar-refractivity contribution is 0.724. The second kappa shape index (κ2) is 14.6. The molecule has 0 fully saturated rings. The molecule has 5 heteroatoms. The van der Waals surface area contributed by atoms with Crippen molar-refractivity contribution in [3.8, 4) is 67.7 Å². The van der Waals surface area contributed by atoms with Gasteiger partial charge in [-0.05, 0) is 80.2 Å². The molecule has 298 valence electrons. The summed E-state index contributed by atoms with van der Waals surface area (Å²) in [5.41, 5.74) is 15.5. The highest BCUT2D eigenvalue weighted by atomic mass is 32.2. The smallest absolute Gasteiger partial charge is 0.164 e. The van der Waals surface area contributed by atoms with Crippen LogP contribution in [0.3, 0.4) is 0 Å². The Labute approximate surface area is 375 Å². The molecule has 1 aliphatic carbocycles. The molecule has 2 aromatic heterocycles. The van der Waals surface area contributed by atoms with E-state index < -0.39 is 5.41 Å². The summed E-state index contributed by atoms with van der Waals surface area (Å²) in [5, 5.41) is 3.50. The van der Waals surface area contributed by atoms with E-state index in [-0.39, 0.29) is 0 Å². The van der Waals surface area contributed by atoms with Crippen molar-refractivity contribution < 1.29 is 0 Å². The van der Waals surface area contributed by atoms with E-state index in [2.05, 4.69) is 158 Å². The monoisotopic (exact) mass is 832 g/mol. The van der Waals surface area contributed by atoms with E-state index in [4.69, 9.17) is 19.9 Å². The van der Waals surface area contributed by atoms with E-state index in [1.807, 2.05) is 72.4 Å². The Kier molecular flexibility index (Phi) is 8.33. The number of pyridine rings is 1. The van der Waals surface area contributed by atoms with Gasteiger partial charge in [0.15, 0.2) is 17.5 Å². The average molecular weight is 833 g/mol. The highest BCUT2D eigenvalue weighted by Crippen LogP contribution is 2.62. The van der Waals surface area contributed by atoms with Gasteiger partial charge in [0.2, 0.25) is 0 Å². The van der Waals surface area contributed by atoms with Crippen molar-refractivity contribution in [1.82, 2.24) is 19.9 Å². The summed E-state index contributed by atoms with van der Waals surface area (Å²) >= 11 is 1.87. The standard InChI is InChI=1S/C59H36N4S/c1-3-16-38(17-4-1)56-61-57(39-18-5-2-6-19-39)63-58(62-56)40-32-30-37(31-33-40)41-20-15-21-42(34-41)55-47-36-54-51(35-46(47)45-24-9-13-28-52(45)60-55)59(50-27-12-14-29-53(50)64-54)48-25-10-7-22-43(48)44-23-8-11-26-49(44)59/h1-36H. The van der Waals surface area contributed by atoms with Crippen molar-refractivity contribution >= 4 is 33.4 Å². The summed E-state index contributed by atoms with van der Waals surface area (Å²) in [6.45, 7) is 0. The van der Waals surface area contributed by atoms with Crippen molar-refractivity contribution in [2.24, 2.45) is 0 Å². The highest BCUT2D eigenvalue weighted by Gasteiger charge is 2.50. The van der Waals surface area contributed by atoms with E-state index >= 15 is 0 Å². The van der Waals surface area contributed by atoms with Crippen molar-refractivity contribution in [3.05, 3.63) is 241 Å². The minimum atomic E-state index is -0.456. The van der Waals surface area contributed by atoms with Gasteiger partial charge in [0.05, 0.1) is 16.6 Å². The van der Waals surface area contributed by atoms with Gasteiger partial charge >= 0.3 is 0 Å². The first-order valence-electron chi connectivity index (χ1n) is 21.6. The Hall–Kier alpha value is -7.99. The predicted molar refractivity (Wildman–Crippen MR) is 261 cm³/mol. The lowest BCUT2D eigenvalue weighted by Crippen LogP contribution is -2.32. The van der Waals surface area contributed by atoms with Gasteiger partial charge in [-0.1, -0.05) is 200 Å². The number of para-hydroxylation sites is 1. The van der Waals surface area contributed by atoms with E-state index in [1.54, 1.807) is 0 Å². The molecule has 1 spiro atoms. The first kappa shape index (κ1) is 36.6. The molecule has 13 rings (SSSR count). The summed E-state index contributed by atoms with van der Waals surface area (Å²) in [5.74, 6) is 1.93. The lowest BCUT2D eigenvalue weighted by Gasteiger charge is -2.40. The van der Waals surface area contributed by atoms with Crippen molar-refractivity contribution in [3.63, 3.8) is 0 Å². The van der Waals surface area contributed by atoms with Crippen LogP contribution in [-0.2, 0) is 5.41 Å². The van der Waals surface area contributed by atoms with Gasteiger partial charge < -0.3 is 0 Å². The average Bonchev–Trinajstić information content (AvgIpc) is 3.66. The molecule has 0 saturated heterocycles. The second-order valence-electron chi connectivity index (χ2n) is 16.5. The molecule has 0 saturated carbocycles. The predicted octanol–water partition coefficient (Wildman–Crippen LogP) is 14.7. The molecule has 0 unspecified atom stereocenters. The maximum atomic E-state index is 5.45. The molecule has 0 atom stereocenters. The van der Waals surface area contributed by atoms with Gasteiger partial charge in [0.1, 0.15) is 0 Å². The summed E-state index contributed by atoms with van der Waals surface area (Å²) in [6, 6.07) is 78.1. The van der Waals surface area contributed by atoms with Gasteiger partial charge in [0, 0.05) is 42.8 Å². The fourth-order valence-corrected chi connectivity index (χ4v) is 11.3. The Morgan fingerprint density at radius 3 is 1.48 bits per heavy atom. The number of fused-ring (bicyclic) bond motifs is 12. The highest BCUT2D eigenvalue weighted by molar-refractivity contribution is 7.99. The third-order valence-corrected chi connectivity index (χ3v) is 14.1. The van der Waals surface area contributed by atoms with Crippen LogP contribution in [0.25, 0.3) is 89.4 Å². The SMILES string of the molecule is c1ccc(-c2nc(-c3ccccc3)nc(-c3ccc(-c4cccc(-c5nc6ccccc6c6cc7c(cc56)Sc5ccccc5C75c6ccccc6-c6ccccc65)c4)cc3)n2)cc1. The largest absolute Gasteiger partial charge is 0.247 e. The van der Waals surface area contributed by atoms with Crippen molar-refractivity contribution in [2.45, 2.75) is 15.2 Å². The Balaban J connectivity index is 0.951. The third-order valence-electron chi connectivity index (χ3n) is 13.0. The topological polar surface area (TPSA) is 51.6 Å². The number of hydrogen-bond acceptors (Lipinski definition) is 5. The Morgan fingerprint density at radius 2 is 0.812 bits per heavy atom. The summed E-state index contributed by atoms with van der Waals surface area (Å²) < 4.78 is 0. The third kappa shape index (κ3) is 5.64.